The van der Waals surface area contributed by atoms with Gasteiger partial charge in [0.25, 0.3) is 5.91 Å². The first-order valence-corrected chi connectivity index (χ1v) is 12.7. The van der Waals surface area contributed by atoms with Gasteiger partial charge in [0.2, 0.25) is 0 Å². The van der Waals surface area contributed by atoms with E-state index in [4.69, 9.17) is 0 Å². The number of anilines is 1. The Balaban J connectivity index is 1.52. The van der Waals surface area contributed by atoms with E-state index in [0.717, 1.165) is 29.7 Å². The number of carbonyl (C=O) groups excluding carboxylic acids is 1. The number of halogens is 3. The highest BCUT2D eigenvalue weighted by molar-refractivity contribution is 7.99. The third-order valence-electron chi connectivity index (χ3n) is 6.08. The lowest BCUT2D eigenvalue weighted by Gasteiger charge is -2.14. The molecule has 2 aromatic heterocycles. The van der Waals surface area contributed by atoms with Crippen molar-refractivity contribution in [2.45, 2.75) is 48.2 Å². The predicted octanol–water partition coefficient (Wildman–Crippen LogP) is 6.42. The van der Waals surface area contributed by atoms with Gasteiger partial charge in [-0.25, -0.2) is 4.98 Å². The van der Waals surface area contributed by atoms with Crippen LogP contribution in [0.4, 0.5) is 18.9 Å². The largest absolute Gasteiger partial charge is 0.507 e. The van der Waals surface area contributed by atoms with E-state index in [1.807, 2.05) is 29.7 Å². The van der Waals surface area contributed by atoms with Crippen LogP contribution < -0.4 is 10.6 Å². The van der Waals surface area contributed by atoms with Gasteiger partial charge < -0.3 is 15.7 Å². The third-order valence-corrected chi connectivity index (χ3v) is 7.10. The van der Waals surface area contributed by atoms with Crippen LogP contribution in [0.1, 0.15) is 35.2 Å². The van der Waals surface area contributed by atoms with Crippen LogP contribution in [0, 0.1) is 6.92 Å². The Morgan fingerprint density at radius 1 is 1.19 bits per heavy atom. The summed E-state index contributed by atoms with van der Waals surface area (Å²) in [5.41, 5.74) is 3.90. The van der Waals surface area contributed by atoms with E-state index >= 15 is 0 Å². The summed E-state index contributed by atoms with van der Waals surface area (Å²) in [4.78, 5) is 18.4. The van der Waals surface area contributed by atoms with Crippen molar-refractivity contribution >= 4 is 29.0 Å². The zero-order valence-corrected chi connectivity index (χ0v) is 20.8. The molecule has 0 spiro atoms. The maximum absolute atomic E-state index is 12.8. The highest BCUT2D eigenvalue weighted by Crippen LogP contribution is 2.37. The number of pyridine rings is 1. The molecule has 1 fully saturated rings. The van der Waals surface area contributed by atoms with Crippen molar-refractivity contribution < 1.29 is 23.1 Å². The molecule has 10 heteroatoms. The van der Waals surface area contributed by atoms with Crippen LogP contribution in [-0.4, -0.2) is 39.2 Å². The minimum Gasteiger partial charge on any atom is -0.507 e. The molecule has 5 rings (SSSR count). The molecule has 0 saturated heterocycles. The number of hydrogen-bond donors (Lipinski definition) is 3. The van der Waals surface area contributed by atoms with Gasteiger partial charge in [-0.3, -0.25) is 9.20 Å². The summed E-state index contributed by atoms with van der Waals surface area (Å²) in [5.74, 6) is 0.0166. The van der Waals surface area contributed by atoms with Crippen molar-refractivity contribution in [1.29, 1.82) is 0 Å². The molecule has 0 radical (unpaired) electrons. The first kappa shape index (κ1) is 25.0. The number of para-hydroxylation sites is 1. The molecule has 1 saturated carbocycles. The van der Waals surface area contributed by atoms with Crippen molar-refractivity contribution in [2.24, 2.45) is 0 Å². The molecule has 192 valence electrons. The lowest BCUT2D eigenvalue weighted by atomic mass is 10.0. The van der Waals surface area contributed by atoms with E-state index < -0.39 is 12.6 Å². The Morgan fingerprint density at radius 2 is 1.97 bits per heavy atom. The topological polar surface area (TPSA) is 78.7 Å². The van der Waals surface area contributed by atoms with Gasteiger partial charge in [0, 0.05) is 34.8 Å². The third kappa shape index (κ3) is 5.85. The second-order valence-electron chi connectivity index (χ2n) is 9.07. The number of aromatic nitrogens is 2. The van der Waals surface area contributed by atoms with Crippen LogP contribution in [0.5, 0.6) is 5.75 Å². The number of aryl methyl sites for hydroxylation is 1. The number of rotatable bonds is 8. The number of nitrogens with zero attached hydrogens (tertiary/aromatic N) is 2. The Morgan fingerprint density at radius 3 is 2.68 bits per heavy atom. The highest BCUT2D eigenvalue weighted by atomic mass is 32.2. The van der Waals surface area contributed by atoms with Crippen molar-refractivity contribution in [3.05, 3.63) is 72.1 Å². The van der Waals surface area contributed by atoms with Gasteiger partial charge in [-0.05, 0) is 55.7 Å². The summed E-state index contributed by atoms with van der Waals surface area (Å²) < 4.78 is 40.2. The average molecular weight is 527 g/mol. The van der Waals surface area contributed by atoms with E-state index in [0.29, 0.717) is 26.7 Å². The van der Waals surface area contributed by atoms with Gasteiger partial charge >= 0.3 is 6.18 Å². The number of imidazole rings is 1. The fourth-order valence-corrected chi connectivity index (χ4v) is 4.95. The Bertz CT molecular complexity index is 1460. The monoisotopic (exact) mass is 526 g/mol. The van der Waals surface area contributed by atoms with Crippen molar-refractivity contribution in [1.82, 2.24) is 14.7 Å². The number of hydrogen-bond acceptors (Lipinski definition) is 5. The molecule has 1 amide bonds. The maximum atomic E-state index is 12.8. The Labute approximate surface area is 215 Å². The van der Waals surface area contributed by atoms with Crippen LogP contribution in [0.25, 0.3) is 16.9 Å². The SMILES string of the molecule is Cc1cc(-c2cnc3c(NCCC(F)(F)F)cc(Sc4ccccc4O)cn23)ccc1C(=O)NC1CC1. The van der Waals surface area contributed by atoms with Gasteiger partial charge in [-0.15, -0.1) is 0 Å². The summed E-state index contributed by atoms with van der Waals surface area (Å²) in [7, 11) is 0. The molecule has 0 atom stereocenters. The summed E-state index contributed by atoms with van der Waals surface area (Å²) in [6, 6.07) is 14.4. The number of phenolic OH excluding ortho intramolecular Hbond substituents is 1. The second-order valence-corrected chi connectivity index (χ2v) is 10.2. The molecule has 1 aliphatic carbocycles. The van der Waals surface area contributed by atoms with E-state index in [-0.39, 0.29) is 24.2 Å². The average Bonchev–Trinajstić information content (AvgIpc) is 3.54. The minimum absolute atomic E-state index is 0.0952. The number of aromatic hydroxyl groups is 1. The quantitative estimate of drug-likeness (QED) is 0.247. The van der Waals surface area contributed by atoms with Crippen LogP contribution in [0.3, 0.4) is 0 Å². The number of alkyl halides is 3. The molecule has 37 heavy (non-hydrogen) atoms. The van der Waals surface area contributed by atoms with Crippen molar-refractivity contribution in [3.8, 4) is 17.0 Å². The van der Waals surface area contributed by atoms with Crippen molar-refractivity contribution in [2.75, 3.05) is 11.9 Å². The van der Waals surface area contributed by atoms with Gasteiger partial charge in [-0.2, -0.15) is 13.2 Å². The minimum atomic E-state index is -4.28. The van der Waals surface area contributed by atoms with E-state index in [2.05, 4.69) is 15.6 Å². The second kappa shape index (κ2) is 10.0. The highest BCUT2D eigenvalue weighted by Gasteiger charge is 2.27. The van der Waals surface area contributed by atoms with Crippen molar-refractivity contribution in [3.63, 3.8) is 0 Å². The van der Waals surface area contributed by atoms with E-state index in [9.17, 15) is 23.1 Å². The van der Waals surface area contributed by atoms with Crippen LogP contribution >= 0.6 is 11.8 Å². The van der Waals surface area contributed by atoms with Gasteiger partial charge in [0.1, 0.15) is 5.75 Å². The number of fused-ring (bicyclic) bond motifs is 1. The van der Waals surface area contributed by atoms with E-state index in [1.165, 1.54) is 11.8 Å². The normalized spacial score (nSPS) is 13.6. The standard InChI is InChI=1S/C27H25F3N4O2S/c1-16-12-17(6-9-20(16)26(36)33-18-7-8-18)22-14-32-25-21(31-11-10-27(28,29)30)13-19(15-34(22)25)37-24-5-3-2-4-23(24)35/h2-6,9,12-15,18,31,35H,7-8,10-11H2,1H3,(H,33,36). The predicted molar refractivity (Wildman–Crippen MR) is 137 cm³/mol. The number of benzene rings is 2. The fourth-order valence-electron chi connectivity index (χ4n) is 4.04. The summed E-state index contributed by atoms with van der Waals surface area (Å²) in [6.07, 6.45) is 0.255. The van der Waals surface area contributed by atoms with Crippen LogP contribution in [-0.2, 0) is 0 Å². The summed E-state index contributed by atoms with van der Waals surface area (Å²) >= 11 is 1.30. The molecular weight excluding hydrogens is 501 g/mol. The zero-order valence-electron chi connectivity index (χ0n) is 20.0. The zero-order chi connectivity index (χ0) is 26.2. The van der Waals surface area contributed by atoms with E-state index in [1.54, 1.807) is 42.6 Å². The fraction of sp³-hybridized carbons (Fsp3) is 0.259. The molecular formula is C27H25F3N4O2S. The number of phenols is 1. The maximum Gasteiger partial charge on any atom is 0.390 e. The molecule has 2 aromatic carbocycles. The molecule has 2 heterocycles. The Kier molecular flexibility index (Phi) is 6.76. The molecule has 0 bridgehead atoms. The molecule has 4 aromatic rings. The van der Waals surface area contributed by atoms with Crippen LogP contribution in [0.2, 0.25) is 0 Å². The van der Waals surface area contributed by atoms with Gasteiger partial charge in [0.05, 0.1) is 28.9 Å². The molecule has 0 unspecified atom stereocenters. The summed E-state index contributed by atoms with van der Waals surface area (Å²) in [6.45, 7) is 1.58. The molecule has 0 aliphatic heterocycles. The number of nitrogens with one attached hydrogen (secondary N) is 2. The smallest absolute Gasteiger partial charge is 0.390 e. The molecule has 3 N–H and O–H groups in total. The number of carbonyl (C=O) groups is 1. The van der Waals surface area contributed by atoms with Crippen LogP contribution in [0.15, 0.2) is 70.7 Å². The Hall–Kier alpha value is -3.66. The summed E-state index contributed by atoms with van der Waals surface area (Å²) in [5, 5.41) is 16.1. The lowest BCUT2D eigenvalue weighted by Crippen LogP contribution is -2.26. The van der Waals surface area contributed by atoms with Gasteiger partial charge in [-0.1, -0.05) is 30.0 Å². The first-order chi connectivity index (χ1) is 17.7. The lowest BCUT2D eigenvalue weighted by molar-refractivity contribution is -0.131. The molecule has 6 nitrogen and oxygen atoms in total. The number of amides is 1. The first-order valence-electron chi connectivity index (χ1n) is 11.9. The van der Waals surface area contributed by atoms with Gasteiger partial charge in [0.15, 0.2) is 5.65 Å². The molecule has 1 aliphatic rings.